The van der Waals surface area contributed by atoms with Crippen LogP contribution < -0.4 is 14.8 Å². The Balaban J connectivity index is 1.94. The summed E-state index contributed by atoms with van der Waals surface area (Å²) in [5.74, 6) is 1.30. The summed E-state index contributed by atoms with van der Waals surface area (Å²) in [6, 6.07) is 12.6. The largest absolute Gasteiger partial charge is 0.497 e. The van der Waals surface area contributed by atoms with Gasteiger partial charge < -0.3 is 14.8 Å². The van der Waals surface area contributed by atoms with Crippen LogP contribution in [0.3, 0.4) is 0 Å². The van der Waals surface area contributed by atoms with Crippen molar-refractivity contribution in [3.63, 3.8) is 0 Å². The molecule has 0 aliphatic carbocycles. The summed E-state index contributed by atoms with van der Waals surface area (Å²) in [5.41, 5.74) is 1.93. The first-order valence-electron chi connectivity index (χ1n) is 6.98. The molecule has 1 aliphatic heterocycles. The molecule has 0 aromatic heterocycles. The number of halogens is 1. The van der Waals surface area contributed by atoms with Gasteiger partial charge in [-0.2, -0.15) is 0 Å². The number of nitrogens with one attached hydrogen (secondary N) is 1. The topological polar surface area (TPSA) is 30.5 Å². The molecule has 3 nitrogen and oxygen atoms in total. The fourth-order valence-electron chi connectivity index (χ4n) is 2.76. The fourth-order valence-corrected chi connectivity index (χ4v) is 2.76. The number of methoxy groups -OCH3 is 1. The van der Waals surface area contributed by atoms with Crippen molar-refractivity contribution in [1.82, 2.24) is 5.32 Å². The number of benzene rings is 2. The van der Waals surface area contributed by atoms with E-state index in [1.54, 1.807) is 13.2 Å². The van der Waals surface area contributed by atoms with Gasteiger partial charge in [0.15, 0.2) is 0 Å². The van der Waals surface area contributed by atoms with Gasteiger partial charge in [0.05, 0.1) is 7.11 Å². The molecule has 0 fully saturated rings. The second kappa shape index (κ2) is 5.74. The van der Waals surface area contributed by atoms with Gasteiger partial charge in [0, 0.05) is 18.0 Å². The zero-order chi connectivity index (χ0) is 14.8. The van der Waals surface area contributed by atoms with E-state index in [4.69, 9.17) is 9.47 Å². The maximum absolute atomic E-state index is 13.4. The molecule has 2 aromatic rings. The zero-order valence-corrected chi connectivity index (χ0v) is 12.1. The molecule has 21 heavy (non-hydrogen) atoms. The Morgan fingerprint density at radius 1 is 1.24 bits per heavy atom. The summed E-state index contributed by atoms with van der Waals surface area (Å²) in [6.45, 7) is 0. The third-order valence-corrected chi connectivity index (χ3v) is 3.88. The molecule has 0 bridgehead atoms. The number of rotatable bonds is 3. The van der Waals surface area contributed by atoms with Crippen molar-refractivity contribution in [2.75, 3.05) is 14.2 Å². The highest BCUT2D eigenvalue weighted by Gasteiger charge is 2.28. The highest BCUT2D eigenvalue weighted by atomic mass is 19.1. The average Bonchev–Trinajstić information content (AvgIpc) is 2.54. The van der Waals surface area contributed by atoms with Gasteiger partial charge in [-0.05, 0) is 42.9 Å². The standard InChI is InChI=1S/C17H18FNO2/c1-19-15-10-17(11-4-3-5-13(8-11)20-2)21-16-7-6-12(18)9-14(15)16/h3-9,15,17,19H,10H2,1-2H3. The molecule has 1 N–H and O–H groups in total. The molecule has 0 saturated carbocycles. The first kappa shape index (κ1) is 13.9. The van der Waals surface area contributed by atoms with E-state index < -0.39 is 0 Å². The summed E-state index contributed by atoms with van der Waals surface area (Å²) in [6.07, 6.45) is 0.677. The molecule has 0 spiro atoms. The van der Waals surface area contributed by atoms with Crippen LogP contribution in [-0.4, -0.2) is 14.2 Å². The van der Waals surface area contributed by atoms with Gasteiger partial charge in [0.2, 0.25) is 0 Å². The molecule has 4 heteroatoms. The van der Waals surface area contributed by atoms with Gasteiger partial charge in [-0.25, -0.2) is 4.39 Å². The van der Waals surface area contributed by atoms with Crippen LogP contribution in [0.1, 0.15) is 29.7 Å². The van der Waals surface area contributed by atoms with Gasteiger partial charge in [0.1, 0.15) is 23.4 Å². The molecule has 3 rings (SSSR count). The normalized spacial score (nSPS) is 20.5. The predicted octanol–water partition coefficient (Wildman–Crippen LogP) is 3.62. The average molecular weight is 287 g/mol. The van der Waals surface area contributed by atoms with E-state index in [9.17, 15) is 4.39 Å². The quantitative estimate of drug-likeness (QED) is 0.935. The zero-order valence-electron chi connectivity index (χ0n) is 12.1. The van der Waals surface area contributed by atoms with Crippen LogP contribution in [0.15, 0.2) is 42.5 Å². The van der Waals surface area contributed by atoms with Crippen molar-refractivity contribution >= 4 is 0 Å². The summed E-state index contributed by atoms with van der Waals surface area (Å²) in [4.78, 5) is 0. The molecule has 2 aromatic carbocycles. The van der Waals surface area contributed by atoms with Crippen molar-refractivity contribution in [2.24, 2.45) is 0 Å². The number of hydrogen-bond donors (Lipinski definition) is 1. The van der Waals surface area contributed by atoms with Crippen molar-refractivity contribution in [3.05, 3.63) is 59.4 Å². The first-order chi connectivity index (χ1) is 10.2. The molecule has 1 aliphatic rings. The van der Waals surface area contributed by atoms with E-state index in [-0.39, 0.29) is 18.0 Å². The van der Waals surface area contributed by atoms with Crippen molar-refractivity contribution in [1.29, 1.82) is 0 Å². The minimum absolute atomic E-state index is 0.0700. The molecule has 1 heterocycles. The van der Waals surface area contributed by atoms with E-state index in [2.05, 4.69) is 5.32 Å². The smallest absolute Gasteiger partial charge is 0.126 e. The van der Waals surface area contributed by atoms with E-state index in [1.165, 1.54) is 12.1 Å². The Labute approximate surface area is 123 Å². The van der Waals surface area contributed by atoms with Crippen LogP contribution in [-0.2, 0) is 0 Å². The lowest BCUT2D eigenvalue weighted by Crippen LogP contribution is -2.26. The van der Waals surface area contributed by atoms with Gasteiger partial charge >= 0.3 is 0 Å². The highest BCUT2D eigenvalue weighted by molar-refractivity contribution is 5.40. The lowest BCUT2D eigenvalue weighted by atomic mass is 9.93. The van der Waals surface area contributed by atoms with E-state index in [1.807, 2.05) is 31.3 Å². The SMILES string of the molecule is CNC1CC(c2cccc(OC)c2)Oc2ccc(F)cc21. The third-order valence-electron chi connectivity index (χ3n) is 3.88. The Bertz CT molecular complexity index is 644. The van der Waals surface area contributed by atoms with Crippen molar-refractivity contribution in [2.45, 2.75) is 18.6 Å². The van der Waals surface area contributed by atoms with Crippen LogP contribution in [0, 0.1) is 5.82 Å². The summed E-state index contributed by atoms with van der Waals surface area (Å²) >= 11 is 0. The summed E-state index contributed by atoms with van der Waals surface area (Å²) < 4.78 is 24.7. The molecule has 0 amide bonds. The predicted molar refractivity (Wildman–Crippen MR) is 79.2 cm³/mol. The maximum atomic E-state index is 13.4. The molecule has 2 unspecified atom stereocenters. The molecule has 0 radical (unpaired) electrons. The number of ether oxygens (including phenoxy) is 2. The second-order valence-electron chi connectivity index (χ2n) is 5.14. The van der Waals surface area contributed by atoms with Gasteiger partial charge in [0.25, 0.3) is 0 Å². The first-order valence-corrected chi connectivity index (χ1v) is 6.98. The van der Waals surface area contributed by atoms with Gasteiger partial charge in [-0.1, -0.05) is 12.1 Å². The Morgan fingerprint density at radius 2 is 2.10 bits per heavy atom. The minimum atomic E-state index is -0.238. The highest BCUT2D eigenvalue weighted by Crippen LogP contribution is 2.41. The molecule has 2 atom stereocenters. The van der Waals surface area contributed by atoms with Crippen molar-refractivity contribution < 1.29 is 13.9 Å². The van der Waals surface area contributed by atoms with Crippen LogP contribution >= 0.6 is 0 Å². The van der Waals surface area contributed by atoms with E-state index in [0.29, 0.717) is 0 Å². The lowest BCUT2D eigenvalue weighted by Gasteiger charge is -2.32. The van der Waals surface area contributed by atoms with Crippen LogP contribution in [0.4, 0.5) is 4.39 Å². The minimum Gasteiger partial charge on any atom is -0.497 e. The van der Waals surface area contributed by atoms with E-state index >= 15 is 0 Å². The number of fused-ring (bicyclic) bond motifs is 1. The Hall–Kier alpha value is -2.07. The monoisotopic (exact) mass is 287 g/mol. The van der Waals surface area contributed by atoms with Crippen LogP contribution in [0.2, 0.25) is 0 Å². The lowest BCUT2D eigenvalue weighted by molar-refractivity contribution is 0.153. The summed E-state index contributed by atoms with van der Waals surface area (Å²) in [7, 11) is 3.53. The number of hydrogen-bond acceptors (Lipinski definition) is 3. The van der Waals surface area contributed by atoms with E-state index in [0.717, 1.165) is 29.0 Å². The summed E-state index contributed by atoms with van der Waals surface area (Å²) in [5, 5.41) is 3.24. The molecular weight excluding hydrogens is 269 g/mol. The molecule has 0 saturated heterocycles. The van der Waals surface area contributed by atoms with Crippen molar-refractivity contribution in [3.8, 4) is 11.5 Å². The van der Waals surface area contributed by atoms with Gasteiger partial charge in [-0.3, -0.25) is 0 Å². The third kappa shape index (κ3) is 2.72. The fraction of sp³-hybridized carbons (Fsp3) is 0.294. The Morgan fingerprint density at radius 3 is 2.86 bits per heavy atom. The molecule has 110 valence electrons. The maximum Gasteiger partial charge on any atom is 0.126 e. The van der Waals surface area contributed by atoms with Gasteiger partial charge in [-0.15, -0.1) is 0 Å². The molecular formula is C17H18FNO2. The Kier molecular flexibility index (Phi) is 3.80. The van der Waals surface area contributed by atoms with Crippen LogP contribution in [0.5, 0.6) is 11.5 Å². The van der Waals surface area contributed by atoms with Crippen LogP contribution in [0.25, 0.3) is 0 Å². The second-order valence-corrected chi connectivity index (χ2v) is 5.14.